The van der Waals surface area contributed by atoms with Gasteiger partial charge in [0.1, 0.15) is 0 Å². The van der Waals surface area contributed by atoms with E-state index in [2.05, 4.69) is 37.9 Å². The number of nitrogens with one attached hydrogen (secondary N) is 1. The molecule has 1 N–H and O–H groups in total. The molecule has 4 atom stereocenters. The van der Waals surface area contributed by atoms with Crippen LogP contribution >= 0.6 is 0 Å². The Morgan fingerprint density at radius 3 is 2.58 bits per heavy atom. The Morgan fingerprint density at radius 2 is 2.00 bits per heavy atom. The fourth-order valence-electron chi connectivity index (χ4n) is 3.98. The molecule has 0 aromatic heterocycles. The van der Waals surface area contributed by atoms with Gasteiger partial charge in [-0.2, -0.15) is 0 Å². The highest BCUT2D eigenvalue weighted by Gasteiger charge is 2.46. The Kier molecular flexibility index (Phi) is 4.85. The summed E-state index contributed by atoms with van der Waals surface area (Å²) < 4.78 is 0. The average Bonchev–Trinajstić information content (AvgIpc) is 2.98. The number of likely N-dealkylation sites (N-methyl/N-ethyl adjacent to an activating group) is 1. The first kappa shape index (κ1) is 14.8. The summed E-state index contributed by atoms with van der Waals surface area (Å²) in [5.74, 6) is 1.80. The summed E-state index contributed by atoms with van der Waals surface area (Å²) in [5, 5.41) is 3.50. The van der Waals surface area contributed by atoms with Crippen molar-refractivity contribution in [2.45, 2.75) is 46.2 Å². The molecule has 110 valence electrons. The Morgan fingerprint density at radius 1 is 1.32 bits per heavy atom. The molecule has 2 rings (SSSR count). The van der Waals surface area contributed by atoms with Gasteiger partial charge in [-0.05, 0) is 52.1 Å². The van der Waals surface area contributed by atoms with Gasteiger partial charge in [0.2, 0.25) is 5.91 Å². The Balaban J connectivity index is 2.06. The third-order valence-electron chi connectivity index (χ3n) is 5.11. The van der Waals surface area contributed by atoms with E-state index in [1.165, 1.54) is 0 Å². The van der Waals surface area contributed by atoms with Crippen LogP contribution in [0.15, 0.2) is 0 Å². The number of hydrogen-bond donors (Lipinski definition) is 1. The first-order valence-electron chi connectivity index (χ1n) is 7.89. The molecule has 0 radical (unpaired) electrons. The van der Waals surface area contributed by atoms with E-state index in [9.17, 15) is 4.79 Å². The number of fused-ring (bicyclic) bond motifs is 1. The number of carbonyl (C=O) groups is 1. The van der Waals surface area contributed by atoms with Crippen molar-refractivity contribution in [3.63, 3.8) is 0 Å². The minimum Gasteiger partial charge on any atom is -0.342 e. The van der Waals surface area contributed by atoms with E-state index in [0.29, 0.717) is 11.9 Å². The lowest BCUT2D eigenvalue weighted by atomic mass is 9.92. The van der Waals surface area contributed by atoms with Crippen molar-refractivity contribution < 1.29 is 4.79 Å². The van der Waals surface area contributed by atoms with Gasteiger partial charge in [0.05, 0.1) is 6.04 Å². The summed E-state index contributed by atoms with van der Waals surface area (Å²) in [7, 11) is 0. The Bertz CT molecular complexity index is 317. The predicted octanol–water partition coefficient (Wildman–Crippen LogP) is 1.17. The van der Waals surface area contributed by atoms with Crippen molar-refractivity contribution in [2.24, 2.45) is 11.8 Å². The summed E-state index contributed by atoms with van der Waals surface area (Å²) in [5.41, 5.74) is 0. The maximum absolute atomic E-state index is 12.5. The SMILES string of the molecule is CCC1C2CNCC2CN1C(C)C(=O)N(CC)CC. The van der Waals surface area contributed by atoms with Gasteiger partial charge < -0.3 is 10.2 Å². The fourth-order valence-corrected chi connectivity index (χ4v) is 3.98. The van der Waals surface area contributed by atoms with Gasteiger partial charge in [0.15, 0.2) is 0 Å². The number of carbonyl (C=O) groups excluding carboxylic acids is 1. The average molecular weight is 267 g/mol. The second-order valence-corrected chi connectivity index (χ2v) is 5.94. The minimum atomic E-state index is 0.0375. The maximum atomic E-state index is 12.5. The second-order valence-electron chi connectivity index (χ2n) is 5.94. The number of rotatable bonds is 5. The van der Waals surface area contributed by atoms with Crippen LogP contribution in [0, 0.1) is 11.8 Å². The van der Waals surface area contributed by atoms with Gasteiger partial charge in [0, 0.05) is 25.7 Å². The first-order valence-corrected chi connectivity index (χ1v) is 7.89. The normalized spacial score (nSPS) is 32.3. The molecular weight excluding hydrogens is 238 g/mol. The van der Waals surface area contributed by atoms with Crippen LogP contribution < -0.4 is 5.32 Å². The van der Waals surface area contributed by atoms with Gasteiger partial charge in [0.25, 0.3) is 0 Å². The molecule has 2 fully saturated rings. The third kappa shape index (κ3) is 2.65. The molecule has 4 nitrogen and oxygen atoms in total. The van der Waals surface area contributed by atoms with Crippen LogP contribution in [0.25, 0.3) is 0 Å². The number of likely N-dealkylation sites (tertiary alicyclic amines) is 1. The highest BCUT2D eigenvalue weighted by atomic mass is 16.2. The van der Waals surface area contributed by atoms with Crippen molar-refractivity contribution in [1.29, 1.82) is 0 Å². The van der Waals surface area contributed by atoms with Gasteiger partial charge in [-0.1, -0.05) is 6.92 Å². The summed E-state index contributed by atoms with van der Waals surface area (Å²) >= 11 is 0. The molecule has 19 heavy (non-hydrogen) atoms. The molecule has 2 saturated heterocycles. The van der Waals surface area contributed by atoms with Crippen LogP contribution in [0.4, 0.5) is 0 Å². The highest BCUT2D eigenvalue weighted by molar-refractivity contribution is 5.81. The summed E-state index contributed by atoms with van der Waals surface area (Å²) in [4.78, 5) is 17.0. The molecule has 1 amide bonds. The molecule has 0 saturated carbocycles. The van der Waals surface area contributed by atoms with Crippen molar-refractivity contribution >= 4 is 5.91 Å². The van der Waals surface area contributed by atoms with Crippen LogP contribution in [-0.4, -0.2) is 60.5 Å². The second kappa shape index (κ2) is 6.23. The largest absolute Gasteiger partial charge is 0.342 e. The van der Waals surface area contributed by atoms with Gasteiger partial charge in [-0.3, -0.25) is 9.69 Å². The zero-order chi connectivity index (χ0) is 14.0. The van der Waals surface area contributed by atoms with Crippen LogP contribution in [0.3, 0.4) is 0 Å². The van der Waals surface area contributed by atoms with E-state index in [1.807, 2.05) is 4.90 Å². The van der Waals surface area contributed by atoms with Gasteiger partial charge in [-0.15, -0.1) is 0 Å². The van der Waals surface area contributed by atoms with Gasteiger partial charge >= 0.3 is 0 Å². The van der Waals surface area contributed by atoms with Crippen molar-refractivity contribution in [2.75, 3.05) is 32.7 Å². The first-order chi connectivity index (χ1) is 9.13. The third-order valence-corrected chi connectivity index (χ3v) is 5.11. The quantitative estimate of drug-likeness (QED) is 0.812. The lowest BCUT2D eigenvalue weighted by Gasteiger charge is -2.34. The number of nitrogens with zero attached hydrogens (tertiary/aromatic N) is 2. The summed E-state index contributed by atoms with van der Waals surface area (Å²) in [6.07, 6.45) is 1.15. The number of hydrogen-bond acceptors (Lipinski definition) is 3. The zero-order valence-corrected chi connectivity index (χ0v) is 12.9. The molecule has 0 aromatic rings. The van der Waals surface area contributed by atoms with Crippen LogP contribution in [0.2, 0.25) is 0 Å². The smallest absolute Gasteiger partial charge is 0.239 e. The maximum Gasteiger partial charge on any atom is 0.239 e. The van der Waals surface area contributed by atoms with E-state index in [-0.39, 0.29) is 6.04 Å². The minimum absolute atomic E-state index is 0.0375. The molecule has 0 aliphatic carbocycles. The van der Waals surface area contributed by atoms with E-state index >= 15 is 0 Å². The van der Waals surface area contributed by atoms with E-state index < -0.39 is 0 Å². The van der Waals surface area contributed by atoms with Crippen LogP contribution in [0.5, 0.6) is 0 Å². The van der Waals surface area contributed by atoms with E-state index in [4.69, 9.17) is 0 Å². The topological polar surface area (TPSA) is 35.6 Å². The molecule has 0 bridgehead atoms. The molecule has 0 spiro atoms. The molecule has 2 aliphatic heterocycles. The van der Waals surface area contributed by atoms with Crippen molar-refractivity contribution in [1.82, 2.24) is 15.1 Å². The standard InChI is InChI=1S/C15H29N3O/c1-5-14-13-9-16-8-12(13)10-18(14)11(4)15(19)17(6-2)7-3/h11-14,16H,5-10H2,1-4H3. The fraction of sp³-hybridized carbons (Fsp3) is 0.933. The molecule has 2 aliphatic rings. The molecule has 0 aromatic carbocycles. The molecular formula is C15H29N3O. The van der Waals surface area contributed by atoms with Crippen LogP contribution in [-0.2, 0) is 4.79 Å². The van der Waals surface area contributed by atoms with Crippen LogP contribution in [0.1, 0.15) is 34.1 Å². The Labute approximate surface area is 117 Å². The monoisotopic (exact) mass is 267 g/mol. The molecule has 4 unspecified atom stereocenters. The summed E-state index contributed by atoms with van der Waals surface area (Å²) in [6.45, 7) is 13.5. The lowest BCUT2D eigenvalue weighted by Crippen LogP contribution is -2.50. The number of amides is 1. The summed E-state index contributed by atoms with van der Waals surface area (Å²) in [6, 6.07) is 0.616. The molecule has 2 heterocycles. The lowest BCUT2D eigenvalue weighted by molar-refractivity contribution is -0.136. The van der Waals surface area contributed by atoms with Crippen molar-refractivity contribution in [3.05, 3.63) is 0 Å². The predicted molar refractivity (Wildman–Crippen MR) is 78.0 cm³/mol. The van der Waals surface area contributed by atoms with E-state index in [0.717, 1.165) is 51.0 Å². The molecule has 4 heteroatoms. The highest BCUT2D eigenvalue weighted by Crippen LogP contribution is 2.35. The zero-order valence-electron chi connectivity index (χ0n) is 12.9. The van der Waals surface area contributed by atoms with E-state index in [1.54, 1.807) is 0 Å². The Hall–Kier alpha value is -0.610. The van der Waals surface area contributed by atoms with Gasteiger partial charge in [-0.25, -0.2) is 0 Å². The van der Waals surface area contributed by atoms with Crippen molar-refractivity contribution in [3.8, 4) is 0 Å².